The summed E-state index contributed by atoms with van der Waals surface area (Å²) in [4.78, 5) is 15.4. The molecular formula is C15H11N5O. The van der Waals surface area contributed by atoms with Gasteiger partial charge in [-0.2, -0.15) is 0 Å². The lowest BCUT2D eigenvalue weighted by Gasteiger charge is -2.01. The van der Waals surface area contributed by atoms with Crippen molar-refractivity contribution in [3.05, 3.63) is 60.4 Å². The third kappa shape index (κ3) is 1.93. The van der Waals surface area contributed by atoms with Gasteiger partial charge in [0.2, 0.25) is 5.95 Å². The fourth-order valence-electron chi connectivity index (χ4n) is 2.29. The number of aromatic nitrogens is 4. The maximum absolute atomic E-state index is 12.3. The Hall–Kier alpha value is -3.15. The number of nitrogens with zero attached hydrogens (tertiary/aromatic N) is 3. The number of anilines is 1. The minimum absolute atomic E-state index is 0.246. The molecule has 102 valence electrons. The molecule has 0 saturated carbocycles. The number of nitrogens with one attached hydrogen (secondary N) is 2. The summed E-state index contributed by atoms with van der Waals surface area (Å²) in [5, 5.41) is 11.7. The minimum Gasteiger partial charge on any atom is -0.351 e. The molecule has 0 unspecified atom stereocenters. The predicted octanol–water partition coefficient (Wildman–Crippen LogP) is 2.46. The lowest BCUT2D eigenvalue weighted by molar-refractivity contribution is 0.102. The predicted molar refractivity (Wildman–Crippen MR) is 79.2 cm³/mol. The summed E-state index contributed by atoms with van der Waals surface area (Å²) in [7, 11) is 0. The molecule has 21 heavy (non-hydrogen) atoms. The molecule has 0 aliphatic rings. The van der Waals surface area contributed by atoms with Crippen molar-refractivity contribution in [2.45, 2.75) is 0 Å². The maximum Gasteiger partial charge on any atom is 0.274 e. The lowest BCUT2D eigenvalue weighted by Crippen LogP contribution is -2.14. The van der Waals surface area contributed by atoms with E-state index in [-0.39, 0.29) is 5.91 Å². The van der Waals surface area contributed by atoms with Crippen LogP contribution in [0.4, 0.5) is 5.95 Å². The number of benzene rings is 1. The Balaban J connectivity index is 1.69. The van der Waals surface area contributed by atoms with Crippen LogP contribution in [0.15, 0.2) is 54.7 Å². The van der Waals surface area contributed by atoms with E-state index in [4.69, 9.17) is 0 Å². The van der Waals surface area contributed by atoms with Gasteiger partial charge in [0.1, 0.15) is 5.69 Å². The van der Waals surface area contributed by atoms with Crippen LogP contribution in [0.5, 0.6) is 0 Å². The van der Waals surface area contributed by atoms with E-state index in [1.165, 1.54) is 0 Å². The molecule has 0 bridgehead atoms. The summed E-state index contributed by atoms with van der Waals surface area (Å²) in [6.45, 7) is 0. The molecule has 3 aromatic heterocycles. The van der Waals surface area contributed by atoms with Crippen LogP contribution in [-0.4, -0.2) is 25.5 Å². The number of pyridine rings is 1. The average Bonchev–Trinajstić information content (AvgIpc) is 3.11. The van der Waals surface area contributed by atoms with Gasteiger partial charge in [-0.05, 0) is 24.3 Å². The smallest absolute Gasteiger partial charge is 0.274 e. The summed E-state index contributed by atoms with van der Waals surface area (Å²) in [6.07, 6.45) is 1.80. The highest BCUT2D eigenvalue weighted by Gasteiger charge is 2.13. The van der Waals surface area contributed by atoms with Crippen molar-refractivity contribution in [2.75, 3.05) is 5.32 Å². The highest BCUT2D eigenvalue weighted by atomic mass is 16.2. The number of hydrogen-bond donors (Lipinski definition) is 2. The molecule has 3 heterocycles. The van der Waals surface area contributed by atoms with Crippen LogP contribution in [0.2, 0.25) is 0 Å². The Labute approximate surface area is 119 Å². The fraction of sp³-hybridized carbons (Fsp3) is 0. The molecule has 0 saturated heterocycles. The number of amides is 1. The van der Waals surface area contributed by atoms with E-state index in [2.05, 4.69) is 20.5 Å². The average molecular weight is 277 g/mol. The number of fused-ring (bicyclic) bond motifs is 2. The van der Waals surface area contributed by atoms with Crippen LogP contribution in [0, 0.1) is 0 Å². The monoisotopic (exact) mass is 277 g/mol. The first-order chi connectivity index (χ1) is 10.3. The first-order valence-electron chi connectivity index (χ1n) is 6.50. The van der Waals surface area contributed by atoms with E-state index in [0.29, 0.717) is 17.3 Å². The van der Waals surface area contributed by atoms with Gasteiger partial charge in [-0.1, -0.05) is 24.3 Å². The van der Waals surface area contributed by atoms with E-state index in [1.54, 1.807) is 10.6 Å². The van der Waals surface area contributed by atoms with Gasteiger partial charge in [0.25, 0.3) is 5.91 Å². The zero-order valence-corrected chi connectivity index (χ0v) is 10.9. The molecule has 4 rings (SSSR count). The van der Waals surface area contributed by atoms with Crippen molar-refractivity contribution in [1.29, 1.82) is 0 Å². The highest BCUT2D eigenvalue weighted by Crippen LogP contribution is 2.16. The van der Waals surface area contributed by atoms with Crippen LogP contribution < -0.4 is 5.32 Å². The first-order valence-corrected chi connectivity index (χ1v) is 6.50. The standard InChI is InChI=1S/C15H11N5O/c21-14(12-9-10-5-1-2-6-11(10)16-12)17-15-19-18-13-7-3-4-8-20(13)15/h1-9,16H,(H,17,19,21). The van der Waals surface area contributed by atoms with Crippen molar-refractivity contribution in [3.8, 4) is 0 Å². The van der Waals surface area contributed by atoms with Gasteiger partial charge in [-0.15, -0.1) is 10.2 Å². The number of carbonyl (C=O) groups excluding carboxylic acids is 1. The number of para-hydroxylation sites is 1. The quantitative estimate of drug-likeness (QED) is 0.591. The summed E-state index contributed by atoms with van der Waals surface area (Å²) >= 11 is 0. The molecule has 0 atom stereocenters. The number of rotatable bonds is 2. The summed E-state index contributed by atoms with van der Waals surface area (Å²) < 4.78 is 1.72. The SMILES string of the molecule is O=C(Nc1nnc2ccccn12)c1cc2ccccc2[nH]1. The highest BCUT2D eigenvalue weighted by molar-refractivity contribution is 6.05. The van der Waals surface area contributed by atoms with Crippen molar-refractivity contribution in [1.82, 2.24) is 19.6 Å². The van der Waals surface area contributed by atoms with Gasteiger partial charge in [0, 0.05) is 17.1 Å². The molecule has 4 aromatic rings. The van der Waals surface area contributed by atoms with Gasteiger partial charge in [-0.3, -0.25) is 14.5 Å². The Morgan fingerprint density at radius 3 is 2.86 bits per heavy atom. The molecule has 1 aromatic carbocycles. The number of aromatic amines is 1. The zero-order valence-electron chi connectivity index (χ0n) is 10.9. The van der Waals surface area contributed by atoms with Crippen molar-refractivity contribution >= 4 is 28.4 Å². The van der Waals surface area contributed by atoms with Gasteiger partial charge >= 0.3 is 0 Å². The second-order valence-electron chi connectivity index (χ2n) is 4.68. The molecule has 0 radical (unpaired) electrons. The molecule has 0 aliphatic carbocycles. The van der Waals surface area contributed by atoms with Crippen molar-refractivity contribution < 1.29 is 4.79 Å². The van der Waals surface area contributed by atoms with Gasteiger partial charge in [-0.25, -0.2) is 0 Å². The largest absolute Gasteiger partial charge is 0.351 e. The van der Waals surface area contributed by atoms with Crippen LogP contribution >= 0.6 is 0 Å². The Morgan fingerprint density at radius 2 is 1.95 bits per heavy atom. The molecule has 2 N–H and O–H groups in total. The molecule has 0 aliphatic heterocycles. The molecule has 6 nitrogen and oxygen atoms in total. The van der Waals surface area contributed by atoms with E-state index < -0.39 is 0 Å². The summed E-state index contributed by atoms with van der Waals surface area (Å²) in [5.74, 6) is 0.151. The number of H-pyrrole nitrogens is 1. The van der Waals surface area contributed by atoms with Crippen LogP contribution in [0.1, 0.15) is 10.5 Å². The molecule has 1 amide bonds. The van der Waals surface area contributed by atoms with Crippen LogP contribution in [0.25, 0.3) is 16.6 Å². The maximum atomic E-state index is 12.3. The third-order valence-corrected chi connectivity index (χ3v) is 3.31. The second kappa shape index (κ2) is 4.45. The Morgan fingerprint density at radius 1 is 1.10 bits per heavy atom. The Bertz CT molecular complexity index is 920. The lowest BCUT2D eigenvalue weighted by atomic mass is 10.2. The first kappa shape index (κ1) is 11.7. The zero-order chi connectivity index (χ0) is 14.2. The topological polar surface area (TPSA) is 75.1 Å². The van der Waals surface area contributed by atoms with Gasteiger partial charge in [0.05, 0.1) is 0 Å². The van der Waals surface area contributed by atoms with E-state index >= 15 is 0 Å². The van der Waals surface area contributed by atoms with Crippen LogP contribution in [-0.2, 0) is 0 Å². The van der Waals surface area contributed by atoms with Crippen LogP contribution in [0.3, 0.4) is 0 Å². The minimum atomic E-state index is -0.246. The molecule has 6 heteroatoms. The van der Waals surface area contributed by atoms with Gasteiger partial charge in [0.15, 0.2) is 5.65 Å². The Kier molecular flexibility index (Phi) is 2.47. The summed E-state index contributed by atoms with van der Waals surface area (Å²) in [5.41, 5.74) is 2.10. The fourth-order valence-corrected chi connectivity index (χ4v) is 2.29. The second-order valence-corrected chi connectivity index (χ2v) is 4.68. The molecule has 0 fully saturated rings. The summed E-state index contributed by atoms with van der Waals surface area (Å²) in [6, 6.07) is 15.1. The van der Waals surface area contributed by atoms with Crippen molar-refractivity contribution in [2.24, 2.45) is 0 Å². The van der Waals surface area contributed by atoms with Crippen molar-refractivity contribution in [3.63, 3.8) is 0 Å². The third-order valence-electron chi connectivity index (χ3n) is 3.31. The number of carbonyl (C=O) groups is 1. The number of hydrogen-bond acceptors (Lipinski definition) is 3. The van der Waals surface area contributed by atoms with Gasteiger partial charge < -0.3 is 4.98 Å². The van der Waals surface area contributed by atoms with E-state index in [9.17, 15) is 4.79 Å². The van der Waals surface area contributed by atoms with E-state index in [1.807, 2.05) is 48.5 Å². The normalized spacial score (nSPS) is 11.0. The molecule has 0 spiro atoms. The molecular weight excluding hydrogens is 266 g/mol. The van der Waals surface area contributed by atoms with E-state index in [0.717, 1.165) is 10.9 Å².